The van der Waals surface area contributed by atoms with E-state index in [9.17, 15) is 4.79 Å². The Morgan fingerprint density at radius 1 is 1.67 bits per heavy atom. The molecule has 0 radical (unpaired) electrons. The second kappa shape index (κ2) is 4.40. The first-order valence-corrected chi connectivity index (χ1v) is 5.20. The fourth-order valence-corrected chi connectivity index (χ4v) is 1.77. The van der Waals surface area contributed by atoms with E-state index >= 15 is 0 Å². The van der Waals surface area contributed by atoms with E-state index in [0.29, 0.717) is 5.56 Å². The minimum atomic E-state index is -0.0192. The van der Waals surface area contributed by atoms with Crippen LogP contribution in [0.3, 0.4) is 0 Å². The molecule has 2 heterocycles. The lowest BCUT2D eigenvalue weighted by Crippen LogP contribution is -2.36. The van der Waals surface area contributed by atoms with Crippen molar-refractivity contribution < 1.29 is 4.79 Å². The van der Waals surface area contributed by atoms with E-state index in [4.69, 9.17) is 0 Å². The number of aryl methyl sites for hydroxylation is 1. The molecular formula is C11H15N3O. The molecule has 4 nitrogen and oxygen atoms in total. The quantitative estimate of drug-likeness (QED) is 0.738. The molecule has 0 aromatic carbocycles. The summed E-state index contributed by atoms with van der Waals surface area (Å²) in [6.45, 7) is 3.70. The summed E-state index contributed by atoms with van der Waals surface area (Å²) in [7, 11) is 0. The van der Waals surface area contributed by atoms with E-state index in [1.54, 1.807) is 18.3 Å². The fraction of sp³-hybridized carbons (Fsp3) is 0.455. The molecule has 0 saturated carbocycles. The molecule has 0 spiro atoms. The smallest absolute Gasteiger partial charge is 0.253 e. The van der Waals surface area contributed by atoms with Crippen molar-refractivity contribution in [1.29, 1.82) is 0 Å². The SMILES string of the molecule is Cc1ncccc1C(=O)NC1CCNC1. The van der Waals surface area contributed by atoms with Crippen molar-refractivity contribution in [2.24, 2.45) is 0 Å². The summed E-state index contributed by atoms with van der Waals surface area (Å²) in [4.78, 5) is 15.9. The highest BCUT2D eigenvalue weighted by Gasteiger charge is 2.18. The number of aromatic nitrogens is 1. The molecule has 15 heavy (non-hydrogen) atoms. The lowest BCUT2D eigenvalue weighted by atomic mass is 10.1. The number of carbonyl (C=O) groups is 1. The maximum atomic E-state index is 11.8. The van der Waals surface area contributed by atoms with Gasteiger partial charge in [0.2, 0.25) is 0 Å². The van der Waals surface area contributed by atoms with Crippen LogP contribution in [0.4, 0.5) is 0 Å². The lowest BCUT2D eigenvalue weighted by Gasteiger charge is -2.11. The van der Waals surface area contributed by atoms with E-state index in [2.05, 4.69) is 15.6 Å². The average Bonchev–Trinajstić information content (AvgIpc) is 2.71. The zero-order valence-electron chi connectivity index (χ0n) is 8.79. The maximum absolute atomic E-state index is 11.8. The van der Waals surface area contributed by atoms with Gasteiger partial charge in [0.25, 0.3) is 5.91 Å². The van der Waals surface area contributed by atoms with Gasteiger partial charge in [0.1, 0.15) is 0 Å². The van der Waals surface area contributed by atoms with Gasteiger partial charge in [-0.2, -0.15) is 0 Å². The third-order valence-corrected chi connectivity index (χ3v) is 2.65. The van der Waals surface area contributed by atoms with Gasteiger partial charge in [-0.3, -0.25) is 9.78 Å². The lowest BCUT2D eigenvalue weighted by molar-refractivity contribution is 0.0939. The highest BCUT2D eigenvalue weighted by Crippen LogP contribution is 2.05. The van der Waals surface area contributed by atoms with E-state index in [0.717, 1.165) is 25.2 Å². The summed E-state index contributed by atoms with van der Waals surface area (Å²) < 4.78 is 0. The van der Waals surface area contributed by atoms with Crippen LogP contribution in [0.15, 0.2) is 18.3 Å². The predicted molar refractivity (Wildman–Crippen MR) is 57.7 cm³/mol. The summed E-state index contributed by atoms with van der Waals surface area (Å²) in [6.07, 6.45) is 2.70. The van der Waals surface area contributed by atoms with E-state index in [-0.39, 0.29) is 11.9 Å². The van der Waals surface area contributed by atoms with Crippen LogP contribution >= 0.6 is 0 Å². The van der Waals surface area contributed by atoms with Crippen molar-refractivity contribution in [3.05, 3.63) is 29.6 Å². The number of carbonyl (C=O) groups excluding carboxylic acids is 1. The van der Waals surface area contributed by atoms with E-state index in [1.807, 2.05) is 6.92 Å². The Hall–Kier alpha value is -1.42. The Morgan fingerprint density at radius 3 is 3.20 bits per heavy atom. The van der Waals surface area contributed by atoms with Gasteiger partial charge in [0.05, 0.1) is 5.56 Å². The number of pyridine rings is 1. The topological polar surface area (TPSA) is 54.0 Å². The molecule has 0 bridgehead atoms. The number of nitrogens with zero attached hydrogens (tertiary/aromatic N) is 1. The number of nitrogens with one attached hydrogen (secondary N) is 2. The Morgan fingerprint density at radius 2 is 2.53 bits per heavy atom. The molecular weight excluding hydrogens is 190 g/mol. The number of amides is 1. The highest BCUT2D eigenvalue weighted by molar-refractivity contribution is 5.95. The van der Waals surface area contributed by atoms with Gasteiger partial charge in [-0.15, -0.1) is 0 Å². The zero-order valence-corrected chi connectivity index (χ0v) is 8.79. The predicted octanol–water partition coefficient (Wildman–Crippen LogP) is 0.482. The van der Waals surface area contributed by atoms with Gasteiger partial charge >= 0.3 is 0 Å². The minimum absolute atomic E-state index is 0.0192. The third kappa shape index (κ3) is 2.33. The Labute approximate surface area is 89.1 Å². The summed E-state index contributed by atoms with van der Waals surface area (Å²) >= 11 is 0. The molecule has 0 aliphatic carbocycles. The molecule has 2 rings (SSSR count). The Balaban J connectivity index is 2.04. The first-order valence-electron chi connectivity index (χ1n) is 5.20. The Bertz CT molecular complexity index is 359. The zero-order chi connectivity index (χ0) is 10.7. The molecule has 1 aromatic rings. The number of hydrogen-bond acceptors (Lipinski definition) is 3. The monoisotopic (exact) mass is 205 g/mol. The van der Waals surface area contributed by atoms with Gasteiger partial charge in [-0.25, -0.2) is 0 Å². The molecule has 1 aliphatic heterocycles. The standard InChI is InChI=1S/C11H15N3O/c1-8-10(3-2-5-13-8)11(15)14-9-4-6-12-7-9/h2-3,5,9,12H,4,6-7H2,1H3,(H,14,15). The summed E-state index contributed by atoms with van der Waals surface area (Å²) in [5.41, 5.74) is 1.45. The molecule has 80 valence electrons. The van der Waals surface area contributed by atoms with E-state index < -0.39 is 0 Å². The third-order valence-electron chi connectivity index (χ3n) is 2.65. The summed E-state index contributed by atoms with van der Waals surface area (Å²) in [5.74, 6) is -0.0192. The first kappa shape index (κ1) is 10.1. The van der Waals surface area contributed by atoms with Crippen molar-refractivity contribution in [2.75, 3.05) is 13.1 Å². The van der Waals surface area contributed by atoms with Crippen LogP contribution in [-0.2, 0) is 0 Å². The van der Waals surface area contributed by atoms with Gasteiger partial charge in [0.15, 0.2) is 0 Å². The normalized spacial score (nSPS) is 20.2. The molecule has 1 atom stereocenters. The summed E-state index contributed by atoms with van der Waals surface area (Å²) in [6, 6.07) is 3.85. The summed E-state index contributed by atoms with van der Waals surface area (Å²) in [5, 5.41) is 6.21. The second-order valence-corrected chi connectivity index (χ2v) is 3.80. The largest absolute Gasteiger partial charge is 0.348 e. The number of hydrogen-bond donors (Lipinski definition) is 2. The van der Waals surface area contributed by atoms with Gasteiger partial charge in [0, 0.05) is 24.5 Å². The van der Waals surface area contributed by atoms with Crippen molar-refractivity contribution >= 4 is 5.91 Å². The van der Waals surface area contributed by atoms with Gasteiger partial charge in [-0.05, 0) is 32.0 Å². The van der Waals surface area contributed by atoms with Crippen molar-refractivity contribution in [3.63, 3.8) is 0 Å². The number of rotatable bonds is 2. The molecule has 1 aromatic heterocycles. The molecule has 1 saturated heterocycles. The molecule has 1 aliphatic rings. The van der Waals surface area contributed by atoms with Crippen LogP contribution in [-0.4, -0.2) is 30.0 Å². The van der Waals surface area contributed by atoms with Crippen LogP contribution in [0.25, 0.3) is 0 Å². The molecule has 1 fully saturated rings. The van der Waals surface area contributed by atoms with Crippen molar-refractivity contribution in [2.45, 2.75) is 19.4 Å². The van der Waals surface area contributed by atoms with Crippen LogP contribution in [0.5, 0.6) is 0 Å². The Kier molecular flexibility index (Phi) is 2.97. The van der Waals surface area contributed by atoms with Crippen molar-refractivity contribution in [1.82, 2.24) is 15.6 Å². The van der Waals surface area contributed by atoms with Crippen molar-refractivity contribution in [3.8, 4) is 0 Å². The second-order valence-electron chi connectivity index (χ2n) is 3.80. The molecule has 1 unspecified atom stereocenters. The van der Waals surface area contributed by atoms with E-state index in [1.165, 1.54) is 0 Å². The van der Waals surface area contributed by atoms with Crippen LogP contribution in [0, 0.1) is 6.92 Å². The maximum Gasteiger partial charge on any atom is 0.253 e. The molecule has 2 N–H and O–H groups in total. The van der Waals surface area contributed by atoms with Gasteiger partial charge < -0.3 is 10.6 Å². The van der Waals surface area contributed by atoms with Crippen LogP contribution < -0.4 is 10.6 Å². The fourth-order valence-electron chi connectivity index (χ4n) is 1.77. The highest BCUT2D eigenvalue weighted by atomic mass is 16.1. The molecule has 4 heteroatoms. The first-order chi connectivity index (χ1) is 7.27. The van der Waals surface area contributed by atoms with Gasteiger partial charge in [-0.1, -0.05) is 0 Å². The van der Waals surface area contributed by atoms with Crippen LogP contribution in [0.2, 0.25) is 0 Å². The molecule has 1 amide bonds. The average molecular weight is 205 g/mol. The minimum Gasteiger partial charge on any atom is -0.348 e. The van der Waals surface area contributed by atoms with Crippen LogP contribution in [0.1, 0.15) is 22.5 Å².